The van der Waals surface area contributed by atoms with Gasteiger partial charge in [0.1, 0.15) is 5.56 Å². The molecule has 68 valence electrons. The summed E-state index contributed by atoms with van der Waals surface area (Å²) in [5, 5.41) is 10.4. The summed E-state index contributed by atoms with van der Waals surface area (Å²) in [6.45, 7) is 0. The first-order valence-corrected chi connectivity index (χ1v) is 4.04. The highest BCUT2D eigenvalue weighted by atomic mass is 79.9. The number of nitro groups is 1. The van der Waals surface area contributed by atoms with E-state index in [1.807, 2.05) is 0 Å². The second-order valence-electron chi connectivity index (χ2n) is 2.28. The Kier molecular flexibility index (Phi) is 2.62. The first-order chi connectivity index (χ1) is 6.07. The van der Waals surface area contributed by atoms with Crippen molar-refractivity contribution in [3.63, 3.8) is 0 Å². The van der Waals surface area contributed by atoms with E-state index in [-0.39, 0.29) is 15.7 Å². The number of carbonyl (C=O) groups excluding carboxylic acids is 1. The molecule has 0 unspecified atom stereocenters. The van der Waals surface area contributed by atoms with Crippen molar-refractivity contribution < 1.29 is 9.72 Å². The van der Waals surface area contributed by atoms with Gasteiger partial charge in [0.25, 0.3) is 5.69 Å². The number of anilines is 1. The Morgan fingerprint density at radius 2 is 2.15 bits per heavy atom. The summed E-state index contributed by atoms with van der Waals surface area (Å²) in [7, 11) is 0. The van der Waals surface area contributed by atoms with Gasteiger partial charge < -0.3 is 5.73 Å². The lowest BCUT2D eigenvalue weighted by Crippen LogP contribution is -1.98. The van der Waals surface area contributed by atoms with Gasteiger partial charge in [-0.25, -0.2) is 0 Å². The van der Waals surface area contributed by atoms with Gasteiger partial charge in [0.15, 0.2) is 6.29 Å². The quantitative estimate of drug-likeness (QED) is 0.372. The van der Waals surface area contributed by atoms with Gasteiger partial charge in [-0.2, -0.15) is 0 Å². The molecule has 1 rings (SSSR count). The smallest absolute Gasteiger partial charge is 0.281 e. The lowest BCUT2D eigenvalue weighted by Gasteiger charge is -2.01. The molecule has 0 amide bonds. The number of hydrogen-bond acceptors (Lipinski definition) is 4. The number of carbonyl (C=O) groups is 1. The van der Waals surface area contributed by atoms with Crippen molar-refractivity contribution in [1.82, 2.24) is 0 Å². The molecule has 0 aliphatic carbocycles. The third-order valence-electron chi connectivity index (χ3n) is 1.50. The van der Waals surface area contributed by atoms with Crippen LogP contribution in [0.4, 0.5) is 11.4 Å². The van der Waals surface area contributed by atoms with Crippen LogP contribution in [-0.2, 0) is 0 Å². The van der Waals surface area contributed by atoms with E-state index >= 15 is 0 Å². The Morgan fingerprint density at radius 3 is 2.62 bits per heavy atom. The van der Waals surface area contributed by atoms with Gasteiger partial charge in [-0.3, -0.25) is 14.9 Å². The van der Waals surface area contributed by atoms with E-state index in [2.05, 4.69) is 15.9 Å². The molecule has 0 aliphatic rings. The summed E-state index contributed by atoms with van der Waals surface area (Å²) in [5.74, 6) is 0. The zero-order chi connectivity index (χ0) is 10.0. The molecule has 0 saturated heterocycles. The minimum atomic E-state index is -0.631. The predicted octanol–water partition coefficient (Wildman–Crippen LogP) is 1.75. The van der Waals surface area contributed by atoms with Crippen LogP contribution in [0.25, 0.3) is 0 Å². The molecule has 0 aromatic heterocycles. The Labute approximate surface area is 81.8 Å². The predicted molar refractivity (Wildman–Crippen MR) is 50.6 cm³/mol. The van der Waals surface area contributed by atoms with Gasteiger partial charge >= 0.3 is 0 Å². The first kappa shape index (κ1) is 9.66. The zero-order valence-electron chi connectivity index (χ0n) is 6.36. The molecule has 0 fully saturated rings. The van der Waals surface area contributed by atoms with Crippen molar-refractivity contribution >= 4 is 33.6 Å². The third-order valence-corrected chi connectivity index (χ3v) is 2.39. The second-order valence-corrected chi connectivity index (χ2v) is 3.07. The summed E-state index contributed by atoms with van der Waals surface area (Å²) >= 11 is 3.00. The fraction of sp³-hybridized carbons (Fsp3) is 0. The summed E-state index contributed by atoms with van der Waals surface area (Å²) in [6.07, 6.45) is 0.401. The number of nitrogens with two attached hydrogens (primary N) is 1. The molecule has 0 aliphatic heterocycles. The maximum atomic E-state index is 10.5. The van der Waals surface area contributed by atoms with Gasteiger partial charge in [-0.1, -0.05) is 0 Å². The van der Waals surface area contributed by atoms with Crippen molar-refractivity contribution in [1.29, 1.82) is 0 Å². The number of rotatable bonds is 2. The van der Waals surface area contributed by atoms with Crippen molar-refractivity contribution in [3.05, 3.63) is 32.3 Å². The van der Waals surface area contributed by atoms with E-state index in [1.54, 1.807) is 0 Å². The van der Waals surface area contributed by atoms with Crippen LogP contribution in [-0.4, -0.2) is 11.2 Å². The van der Waals surface area contributed by atoms with Crippen LogP contribution in [0.2, 0.25) is 0 Å². The van der Waals surface area contributed by atoms with E-state index in [1.165, 1.54) is 12.1 Å². The molecule has 0 radical (unpaired) electrons. The van der Waals surface area contributed by atoms with Crippen LogP contribution in [0.15, 0.2) is 16.6 Å². The van der Waals surface area contributed by atoms with Crippen LogP contribution >= 0.6 is 15.9 Å². The van der Waals surface area contributed by atoms with Gasteiger partial charge in [-0.15, -0.1) is 0 Å². The highest BCUT2D eigenvalue weighted by Crippen LogP contribution is 2.29. The molecule has 0 atom stereocenters. The molecule has 0 saturated carbocycles. The molecule has 0 spiro atoms. The molecule has 5 nitrogen and oxygen atoms in total. The second kappa shape index (κ2) is 3.53. The first-order valence-electron chi connectivity index (χ1n) is 3.25. The molecule has 0 heterocycles. The number of nitrogens with zero attached hydrogens (tertiary/aromatic N) is 1. The van der Waals surface area contributed by atoms with Gasteiger partial charge in [0.05, 0.1) is 9.40 Å². The summed E-state index contributed by atoms with van der Waals surface area (Å²) < 4.78 is 0.261. The fourth-order valence-electron chi connectivity index (χ4n) is 0.871. The Hall–Kier alpha value is -1.43. The number of halogens is 1. The molecule has 1 aromatic carbocycles. The highest BCUT2D eigenvalue weighted by molar-refractivity contribution is 9.10. The Morgan fingerprint density at radius 1 is 1.54 bits per heavy atom. The number of aldehydes is 1. The van der Waals surface area contributed by atoms with E-state index in [0.717, 1.165) is 0 Å². The number of benzene rings is 1. The number of nitro benzene ring substituents is 1. The fourth-order valence-corrected chi connectivity index (χ4v) is 1.30. The lowest BCUT2D eigenvalue weighted by molar-refractivity contribution is -0.385. The molecule has 13 heavy (non-hydrogen) atoms. The van der Waals surface area contributed by atoms with Crippen LogP contribution in [0, 0.1) is 10.1 Å². The standard InChI is InChI=1S/C7H5BrN2O3/c8-7-4(3-11)6(10(12)13)2-1-5(7)9/h1-3H,9H2. The molecule has 2 N–H and O–H groups in total. The maximum Gasteiger partial charge on any atom is 0.281 e. The van der Waals surface area contributed by atoms with Crippen LogP contribution < -0.4 is 5.73 Å². The summed E-state index contributed by atoms with van der Waals surface area (Å²) in [6, 6.07) is 2.57. The van der Waals surface area contributed by atoms with E-state index in [4.69, 9.17) is 5.73 Å². The van der Waals surface area contributed by atoms with Crippen molar-refractivity contribution in [2.75, 3.05) is 5.73 Å². The maximum absolute atomic E-state index is 10.5. The van der Waals surface area contributed by atoms with Gasteiger partial charge in [-0.05, 0) is 22.0 Å². The number of hydrogen-bond donors (Lipinski definition) is 1. The monoisotopic (exact) mass is 244 g/mol. The minimum absolute atomic E-state index is 0.0370. The average Bonchev–Trinajstić information content (AvgIpc) is 2.09. The largest absolute Gasteiger partial charge is 0.398 e. The van der Waals surface area contributed by atoms with Crippen molar-refractivity contribution in [2.24, 2.45) is 0 Å². The van der Waals surface area contributed by atoms with Crippen LogP contribution in [0.5, 0.6) is 0 Å². The van der Waals surface area contributed by atoms with Crippen molar-refractivity contribution in [2.45, 2.75) is 0 Å². The number of nitrogen functional groups attached to an aromatic ring is 1. The normalized spacial score (nSPS) is 9.62. The lowest BCUT2D eigenvalue weighted by atomic mass is 10.2. The molecule has 1 aromatic rings. The third kappa shape index (κ3) is 1.67. The zero-order valence-corrected chi connectivity index (χ0v) is 7.95. The van der Waals surface area contributed by atoms with E-state index in [0.29, 0.717) is 12.0 Å². The topological polar surface area (TPSA) is 86.2 Å². The van der Waals surface area contributed by atoms with Gasteiger partial charge in [0.2, 0.25) is 0 Å². The van der Waals surface area contributed by atoms with Crippen molar-refractivity contribution in [3.8, 4) is 0 Å². The summed E-state index contributed by atoms with van der Waals surface area (Å²) in [5.41, 5.74) is 5.45. The van der Waals surface area contributed by atoms with Crippen LogP contribution in [0.3, 0.4) is 0 Å². The van der Waals surface area contributed by atoms with E-state index in [9.17, 15) is 14.9 Å². The highest BCUT2D eigenvalue weighted by Gasteiger charge is 2.17. The average molecular weight is 245 g/mol. The van der Waals surface area contributed by atoms with Gasteiger partial charge in [0, 0.05) is 11.8 Å². The molecule has 0 bridgehead atoms. The molecule has 6 heteroatoms. The molecular weight excluding hydrogens is 240 g/mol. The minimum Gasteiger partial charge on any atom is -0.398 e. The van der Waals surface area contributed by atoms with Crippen LogP contribution in [0.1, 0.15) is 10.4 Å². The van der Waals surface area contributed by atoms with E-state index < -0.39 is 4.92 Å². The Balaban J connectivity index is 3.47. The Bertz CT molecular complexity index is 378. The SMILES string of the molecule is Nc1ccc([N+](=O)[O-])c(C=O)c1Br. The molecular formula is C7H5BrN2O3. The summed E-state index contributed by atoms with van der Waals surface area (Å²) in [4.78, 5) is 20.3.